The van der Waals surface area contributed by atoms with E-state index in [1.807, 2.05) is 0 Å². The van der Waals surface area contributed by atoms with Crippen molar-refractivity contribution in [1.29, 1.82) is 0 Å². The molecule has 2 nitrogen and oxygen atoms in total. The number of alkyl halides is 3. The number of halogens is 4. The van der Waals surface area contributed by atoms with Crippen LogP contribution in [-0.4, -0.2) is 11.1 Å². The normalized spacial score (nSPS) is 11.6. The maximum atomic E-state index is 12.4. The Balaban J connectivity index is 2.59. The average Bonchev–Trinajstić information content (AvgIpc) is 2.22. The van der Waals surface area contributed by atoms with Gasteiger partial charge in [-0.1, -0.05) is 17.7 Å². The predicted molar refractivity (Wildman–Crippen MR) is 61.6 cm³/mol. The fourth-order valence-electron chi connectivity index (χ4n) is 1.55. The summed E-state index contributed by atoms with van der Waals surface area (Å²) < 4.78 is 37.3. The molecule has 0 spiro atoms. The summed E-state index contributed by atoms with van der Waals surface area (Å²) in [6.45, 7) is 0. The first-order valence-electron chi connectivity index (χ1n) is 5.38. The van der Waals surface area contributed by atoms with Gasteiger partial charge in [0.15, 0.2) is 0 Å². The molecule has 1 aromatic rings. The Morgan fingerprint density at radius 3 is 2.44 bits per heavy atom. The number of carboxylic acid groups (broad SMARTS) is 1. The minimum absolute atomic E-state index is 0.0639. The maximum Gasteiger partial charge on any atom is 0.417 e. The van der Waals surface area contributed by atoms with Gasteiger partial charge >= 0.3 is 12.1 Å². The zero-order valence-electron chi connectivity index (χ0n) is 9.43. The topological polar surface area (TPSA) is 37.3 Å². The minimum Gasteiger partial charge on any atom is -0.481 e. The Morgan fingerprint density at radius 2 is 1.94 bits per heavy atom. The molecule has 0 fully saturated rings. The van der Waals surface area contributed by atoms with E-state index in [4.69, 9.17) is 16.7 Å². The first kappa shape index (κ1) is 14.8. The molecule has 0 bridgehead atoms. The molecule has 0 saturated heterocycles. The van der Waals surface area contributed by atoms with Crippen molar-refractivity contribution in [2.24, 2.45) is 0 Å². The van der Waals surface area contributed by atoms with E-state index in [0.29, 0.717) is 24.8 Å². The van der Waals surface area contributed by atoms with Crippen molar-refractivity contribution < 1.29 is 23.1 Å². The van der Waals surface area contributed by atoms with Crippen LogP contribution < -0.4 is 0 Å². The molecule has 18 heavy (non-hydrogen) atoms. The van der Waals surface area contributed by atoms with E-state index < -0.39 is 17.7 Å². The first-order chi connectivity index (χ1) is 8.30. The standard InChI is InChI=1S/C12H12ClF3O2/c13-10-7-8(3-1-2-4-11(17)18)5-6-9(10)12(14,15)16/h5-7H,1-4H2,(H,17,18). The zero-order valence-corrected chi connectivity index (χ0v) is 10.2. The van der Waals surface area contributed by atoms with E-state index in [2.05, 4.69) is 0 Å². The first-order valence-corrected chi connectivity index (χ1v) is 5.76. The van der Waals surface area contributed by atoms with E-state index >= 15 is 0 Å². The van der Waals surface area contributed by atoms with Crippen molar-refractivity contribution >= 4 is 17.6 Å². The molecule has 1 aromatic carbocycles. The van der Waals surface area contributed by atoms with E-state index in [-0.39, 0.29) is 11.4 Å². The number of benzene rings is 1. The Kier molecular flexibility index (Phi) is 5.02. The number of aliphatic carboxylic acids is 1. The van der Waals surface area contributed by atoms with Crippen LogP contribution in [0.2, 0.25) is 5.02 Å². The lowest BCUT2D eigenvalue weighted by Gasteiger charge is -2.10. The summed E-state index contributed by atoms with van der Waals surface area (Å²) in [6.07, 6.45) is -2.76. The molecule has 0 radical (unpaired) electrons. The van der Waals surface area contributed by atoms with Gasteiger partial charge < -0.3 is 5.11 Å². The summed E-state index contributed by atoms with van der Waals surface area (Å²) in [6, 6.07) is 3.61. The smallest absolute Gasteiger partial charge is 0.417 e. The van der Waals surface area contributed by atoms with Crippen LogP contribution in [0.1, 0.15) is 30.4 Å². The van der Waals surface area contributed by atoms with Crippen LogP contribution in [0.4, 0.5) is 13.2 Å². The van der Waals surface area contributed by atoms with Crippen LogP contribution >= 0.6 is 11.6 Å². The molecular formula is C12H12ClF3O2. The predicted octanol–water partition coefficient (Wildman–Crippen LogP) is 4.16. The van der Waals surface area contributed by atoms with Crippen LogP contribution in [0.15, 0.2) is 18.2 Å². The highest BCUT2D eigenvalue weighted by Crippen LogP contribution is 2.35. The van der Waals surface area contributed by atoms with Gasteiger partial charge in [0.1, 0.15) is 0 Å². The quantitative estimate of drug-likeness (QED) is 0.823. The SMILES string of the molecule is O=C(O)CCCCc1ccc(C(F)(F)F)c(Cl)c1. The highest BCUT2D eigenvalue weighted by molar-refractivity contribution is 6.31. The monoisotopic (exact) mass is 280 g/mol. The molecule has 0 heterocycles. The van der Waals surface area contributed by atoms with Gasteiger partial charge in [0, 0.05) is 6.42 Å². The zero-order chi connectivity index (χ0) is 13.8. The summed E-state index contributed by atoms with van der Waals surface area (Å²) in [5.74, 6) is -0.875. The van der Waals surface area contributed by atoms with E-state index in [0.717, 1.165) is 6.07 Å². The molecular weight excluding hydrogens is 269 g/mol. The lowest BCUT2D eigenvalue weighted by Crippen LogP contribution is -2.06. The van der Waals surface area contributed by atoms with Crippen molar-refractivity contribution in [3.8, 4) is 0 Å². The Labute approximate surface area is 107 Å². The molecule has 6 heteroatoms. The molecule has 0 unspecified atom stereocenters. The number of hydrogen-bond donors (Lipinski definition) is 1. The van der Waals surface area contributed by atoms with Crippen LogP contribution in [0.25, 0.3) is 0 Å². The van der Waals surface area contributed by atoms with Crippen LogP contribution in [0.3, 0.4) is 0 Å². The van der Waals surface area contributed by atoms with Crippen molar-refractivity contribution in [1.82, 2.24) is 0 Å². The number of hydrogen-bond acceptors (Lipinski definition) is 1. The number of rotatable bonds is 5. The highest BCUT2D eigenvalue weighted by atomic mass is 35.5. The van der Waals surface area contributed by atoms with E-state index in [1.54, 1.807) is 0 Å². The number of carboxylic acids is 1. The molecule has 100 valence electrons. The number of carbonyl (C=O) groups is 1. The van der Waals surface area contributed by atoms with Crippen molar-refractivity contribution in [2.75, 3.05) is 0 Å². The molecule has 0 saturated carbocycles. The van der Waals surface area contributed by atoms with Crippen LogP contribution in [-0.2, 0) is 17.4 Å². The molecule has 0 aliphatic carbocycles. The van der Waals surface area contributed by atoms with E-state index in [9.17, 15) is 18.0 Å². The molecule has 0 amide bonds. The highest BCUT2D eigenvalue weighted by Gasteiger charge is 2.32. The Hall–Kier alpha value is -1.23. The lowest BCUT2D eigenvalue weighted by atomic mass is 10.0. The summed E-state index contributed by atoms with van der Waals surface area (Å²) in [5.41, 5.74) is -0.170. The third-order valence-electron chi connectivity index (χ3n) is 2.44. The van der Waals surface area contributed by atoms with Gasteiger partial charge in [-0.25, -0.2) is 0 Å². The fourth-order valence-corrected chi connectivity index (χ4v) is 1.86. The van der Waals surface area contributed by atoms with Gasteiger partial charge in [-0.2, -0.15) is 13.2 Å². The molecule has 0 aliphatic heterocycles. The van der Waals surface area contributed by atoms with Crippen LogP contribution in [0, 0.1) is 0 Å². The van der Waals surface area contributed by atoms with Gasteiger partial charge in [0.05, 0.1) is 10.6 Å². The Morgan fingerprint density at radius 1 is 1.28 bits per heavy atom. The van der Waals surface area contributed by atoms with E-state index in [1.165, 1.54) is 12.1 Å². The molecule has 0 aromatic heterocycles. The summed E-state index contributed by atoms with van der Waals surface area (Å²) >= 11 is 5.56. The third kappa shape index (κ3) is 4.56. The van der Waals surface area contributed by atoms with Crippen LogP contribution in [0.5, 0.6) is 0 Å². The third-order valence-corrected chi connectivity index (χ3v) is 2.76. The van der Waals surface area contributed by atoms with Gasteiger partial charge in [-0.15, -0.1) is 0 Å². The number of aryl methyl sites for hydroxylation is 1. The second-order valence-electron chi connectivity index (χ2n) is 3.91. The minimum atomic E-state index is -4.45. The molecule has 1 rings (SSSR count). The van der Waals surface area contributed by atoms with Gasteiger partial charge in [0.25, 0.3) is 0 Å². The number of unbranched alkanes of at least 4 members (excludes halogenated alkanes) is 1. The lowest BCUT2D eigenvalue weighted by molar-refractivity contribution is -0.138. The average molecular weight is 281 g/mol. The Bertz CT molecular complexity index is 430. The van der Waals surface area contributed by atoms with Gasteiger partial charge in [0.2, 0.25) is 0 Å². The molecule has 1 N–H and O–H groups in total. The maximum absolute atomic E-state index is 12.4. The summed E-state index contributed by atoms with van der Waals surface area (Å²) in [5, 5.41) is 8.11. The van der Waals surface area contributed by atoms with Crippen molar-refractivity contribution in [3.05, 3.63) is 34.3 Å². The summed E-state index contributed by atoms with van der Waals surface area (Å²) in [7, 11) is 0. The van der Waals surface area contributed by atoms with Crippen molar-refractivity contribution in [2.45, 2.75) is 31.9 Å². The van der Waals surface area contributed by atoms with Gasteiger partial charge in [-0.3, -0.25) is 4.79 Å². The molecule has 0 atom stereocenters. The molecule has 0 aliphatic rings. The second kappa shape index (κ2) is 6.09. The summed E-state index contributed by atoms with van der Waals surface area (Å²) in [4.78, 5) is 10.3. The second-order valence-corrected chi connectivity index (χ2v) is 4.32. The van der Waals surface area contributed by atoms with Crippen molar-refractivity contribution in [3.63, 3.8) is 0 Å². The van der Waals surface area contributed by atoms with Gasteiger partial charge in [-0.05, 0) is 37.0 Å². The largest absolute Gasteiger partial charge is 0.481 e. The fraction of sp³-hybridized carbons (Fsp3) is 0.417.